The van der Waals surface area contributed by atoms with Crippen LogP contribution in [0.4, 0.5) is 0 Å². The molecule has 0 aliphatic carbocycles. The van der Waals surface area contributed by atoms with Crippen molar-refractivity contribution < 1.29 is 24.5 Å². The van der Waals surface area contributed by atoms with E-state index >= 15 is 0 Å². The Hall–Kier alpha value is -0.408. The van der Waals surface area contributed by atoms with E-state index in [-0.39, 0.29) is 29.6 Å². The fraction of sp³-hybridized carbons (Fsp3) is 0.750. The second kappa shape index (κ2) is 22.9. The maximum Gasteiger partial charge on any atom is 3.00 e. The Labute approximate surface area is 95.2 Å². The van der Waals surface area contributed by atoms with E-state index in [1.165, 1.54) is 6.92 Å². The fourth-order valence-corrected chi connectivity index (χ4v) is 0.415. The second-order valence-electron chi connectivity index (χ2n) is 1.68. The normalized spacial score (nSPS) is 6.43. The van der Waals surface area contributed by atoms with E-state index in [9.17, 15) is 9.59 Å². The van der Waals surface area contributed by atoms with E-state index in [1.807, 2.05) is 0 Å². The number of ether oxygens (including phenoxy) is 1. The van der Waals surface area contributed by atoms with E-state index in [2.05, 4.69) is 4.74 Å². The van der Waals surface area contributed by atoms with Crippen molar-refractivity contribution in [3.05, 3.63) is 0 Å². The standard InChI is InChI=1S/C6H10O3.2CH3O.Al/c1-3-9-6(8)4-5(2)7;2*1-2;/h3-4H2,1-2H3;2*1H3;/q;2*-1;+3. The Morgan fingerprint density at radius 2 is 1.50 bits per heavy atom. The molecule has 0 unspecified atom stereocenters. The maximum absolute atomic E-state index is 10.4. The van der Waals surface area contributed by atoms with Crippen LogP contribution in [-0.4, -0.2) is 49.9 Å². The van der Waals surface area contributed by atoms with Gasteiger partial charge in [0.1, 0.15) is 12.2 Å². The molecule has 0 N–H and O–H groups in total. The average Bonchev–Trinajstić information content (AvgIpc) is 2.10. The summed E-state index contributed by atoms with van der Waals surface area (Å²) in [6.45, 7) is 3.40. The summed E-state index contributed by atoms with van der Waals surface area (Å²) in [5.74, 6) is -0.599. The zero-order valence-corrected chi connectivity index (χ0v) is 10.2. The Bertz CT molecular complexity index is 127. The summed E-state index contributed by atoms with van der Waals surface area (Å²) in [6, 6.07) is 0. The van der Waals surface area contributed by atoms with Crippen LogP contribution in [0.1, 0.15) is 20.3 Å². The van der Waals surface area contributed by atoms with Gasteiger partial charge in [-0.3, -0.25) is 9.59 Å². The van der Waals surface area contributed by atoms with Crippen molar-refractivity contribution >= 4 is 29.1 Å². The van der Waals surface area contributed by atoms with Gasteiger partial charge in [0.05, 0.1) is 6.61 Å². The first kappa shape index (κ1) is 23.4. The van der Waals surface area contributed by atoms with Crippen molar-refractivity contribution in [1.29, 1.82) is 0 Å². The molecule has 0 amide bonds. The van der Waals surface area contributed by atoms with Crippen LogP contribution in [0.3, 0.4) is 0 Å². The topological polar surface area (TPSA) is 89.5 Å². The zero-order valence-electron chi connectivity index (χ0n) is 9.03. The predicted molar refractivity (Wildman–Crippen MR) is 49.5 cm³/mol. The molecule has 0 rings (SSSR count). The van der Waals surface area contributed by atoms with Crippen molar-refractivity contribution in [3.8, 4) is 0 Å². The summed E-state index contributed by atoms with van der Waals surface area (Å²) in [4.78, 5) is 20.6. The van der Waals surface area contributed by atoms with Crippen molar-refractivity contribution in [2.24, 2.45) is 0 Å². The first-order chi connectivity index (χ1) is 6.16. The molecule has 14 heavy (non-hydrogen) atoms. The predicted octanol–water partition coefficient (Wildman–Crippen LogP) is -1.90. The molecule has 0 fully saturated rings. The van der Waals surface area contributed by atoms with Crippen LogP contribution in [0.15, 0.2) is 0 Å². The summed E-state index contributed by atoms with van der Waals surface area (Å²) in [6.07, 6.45) is -0.103. The molecule has 0 aliphatic rings. The Morgan fingerprint density at radius 3 is 1.71 bits per heavy atom. The minimum Gasteiger partial charge on any atom is -0.857 e. The molecule has 0 radical (unpaired) electrons. The Morgan fingerprint density at radius 1 is 1.14 bits per heavy atom. The van der Waals surface area contributed by atoms with E-state index in [0.29, 0.717) is 6.61 Å². The van der Waals surface area contributed by atoms with Gasteiger partial charge in [-0.25, -0.2) is 0 Å². The molecule has 0 aromatic carbocycles. The number of hydrogen-bond donors (Lipinski definition) is 0. The zero-order chi connectivity index (χ0) is 11.3. The van der Waals surface area contributed by atoms with Gasteiger partial charge in [-0.1, -0.05) is 0 Å². The van der Waals surface area contributed by atoms with Gasteiger partial charge in [0.25, 0.3) is 0 Å². The summed E-state index contributed by atoms with van der Waals surface area (Å²) in [5, 5.41) is 16.5. The summed E-state index contributed by atoms with van der Waals surface area (Å²) >= 11 is 0. The third-order valence-electron chi connectivity index (χ3n) is 0.699. The molecule has 0 saturated carbocycles. The van der Waals surface area contributed by atoms with Crippen LogP contribution in [-0.2, 0) is 14.3 Å². The monoisotopic (exact) mass is 219 g/mol. The fourth-order valence-electron chi connectivity index (χ4n) is 0.415. The number of rotatable bonds is 3. The smallest absolute Gasteiger partial charge is 0.857 e. The molecule has 5 nitrogen and oxygen atoms in total. The van der Waals surface area contributed by atoms with Gasteiger partial charge in [0, 0.05) is 0 Å². The molecule has 0 aliphatic heterocycles. The third-order valence-corrected chi connectivity index (χ3v) is 0.699. The van der Waals surface area contributed by atoms with Crippen LogP contribution in [0.2, 0.25) is 0 Å². The summed E-state index contributed by atoms with van der Waals surface area (Å²) < 4.78 is 4.49. The number of Topliss-reactive ketones (excluding diaryl/α,β-unsaturated/α-hetero) is 1. The number of carbonyl (C=O) groups excluding carboxylic acids is 2. The van der Waals surface area contributed by atoms with Gasteiger partial charge < -0.3 is 14.9 Å². The molecule has 0 spiro atoms. The van der Waals surface area contributed by atoms with E-state index in [1.54, 1.807) is 6.92 Å². The van der Waals surface area contributed by atoms with Gasteiger partial charge >= 0.3 is 23.3 Å². The number of ketones is 1. The van der Waals surface area contributed by atoms with Crippen molar-refractivity contribution in [1.82, 2.24) is 0 Å². The van der Waals surface area contributed by atoms with Crippen LogP contribution in [0.5, 0.6) is 0 Å². The molecule has 0 aromatic heterocycles. The van der Waals surface area contributed by atoms with Crippen molar-refractivity contribution in [3.63, 3.8) is 0 Å². The van der Waals surface area contributed by atoms with Crippen molar-refractivity contribution in [2.75, 3.05) is 20.8 Å². The largest absolute Gasteiger partial charge is 3.00 e. The van der Waals surface area contributed by atoms with Gasteiger partial charge in [-0.2, -0.15) is 14.2 Å². The van der Waals surface area contributed by atoms with E-state index in [4.69, 9.17) is 10.2 Å². The van der Waals surface area contributed by atoms with E-state index in [0.717, 1.165) is 14.2 Å². The first-order valence-corrected chi connectivity index (χ1v) is 3.63. The van der Waals surface area contributed by atoms with Crippen LogP contribution in [0, 0.1) is 0 Å². The molecule has 0 saturated heterocycles. The van der Waals surface area contributed by atoms with Gasteiger partial charge in [0.15, 0.2) is 0 Å². The molecule has 80 valence electrons. The van der Waals surface area contributed by atoms with Crippen LogP contribution >= 0.6 is 0 Å². The molecule has 6 heteroatoms. The Kier molecular flexibility index (Phi) is 38.3. The number of esters is 1. The SMILES string of the molecule is CCOC(=O)CC(C)=O.C[O-].C[O-].[Al+3]. The molecule has 0 aromatic rings. The summed E-state index contributed by atoms with van der Waals surface area (Å²) in [7, 11) is 1.50. The third kappa shape index (κ3) is 29.9. The Balaban J connectivity index is -0.0000000883. The molecular weight excluding hydrogens is 203 g/mol. The number of carbonyl (C=O) groups is 2. The molecule has 0 heterocycles. The minimum absolute atomic E-state index is 0. The molecule has 0 atom stereocenters. The quantitative estimate of drug-likeness (QED) is 0.314. The van der Waals surface area contributed by atoms with Gasteiger partial charge in [-0.05, 0) is 13.8 Å². The first-order valence-electron chi connectivity index (χ1n) is 3.63. The number of hydrogen-bond acceptors (Lipinski definition) is 5. The maximum atomic E-state index is 10.4. The van der Waals surface area contributed by atoms with Crippen molar-refractivity contribution in [2.45, 2.75) is 20.3 Å². The second-order valence-corrected chi connectivity index (χ2v) is 1.68. The van der Waals surface area contributed by atoms with Gasteiger partial charge in [0.2, 0.25) is 0 Å². The molecular formula is C8H16AlO5+. The average molecular weight is 219 g/mol. The van der Waals surface area contributed by atoms with Crippen LogP contribution in [0.25, 0.3) is 0 Å². The minimum atomic E-state index is -0.440. The summed E-state index contributed by atoms with van der Waals surface area (Å²) in [5.41, 5.74) is 0. The van der Waals surface area contributed by atoms with Gasteiger partial charge in [-0.15, -0.1) is 0 Å². The van der Waals surface area contributed by atoms with E-state index < -0.39 is 5.97 Å². The molecule has 0 bridgehead atoms. The van der Waals surface area contributed by atoms with Crippen LogP contribution < -0.4 is 10.2 Å².